The molecule has 5 aromatic rings. The van der Waals surface area contributed by atoms with Crippen molar-refractivity contribution in [1.29, 1.82) is 0 Å². The van der Waals surface area contributed by atoms with Gasteiger partial charge in [0.25, 0.3) is 5.91 Å². The number of nitrogens with one attached hydrogen (secondary N) is 1. The van der Waals surface area contributed by atoms with Gasteiger partial charge in [0.15, 0.2) is 5.82 Å². The number of ether oxygens (including phenoxy) is 1. The van der Waals surface area contributed by atoms with Crippen molar-refractivity contribution in [2.75, 3.05) is 38.5 Å². The molecule has 0 radical (unpaired) electrons. The fourth-order valence-electron chi connectivity index (χ4n) is 5.17. The first-order valence-electron chi connectivity index (χ1n) is 14.1. The minimum Gasteiger partial charge on any atom is -0.437 e. The van der Waals surface area contributed by atoms with Crippen LogP contribution in [0.2, 0.25) is 0 Å². The van der Waals surface area contributed by atoms with E-state index in [-0.39, 0.29) is 29.2 Å². The Kier molecular flexibility index (Phi) is 8.02. The van der Waals surface area contributed by atoms with Crippen LogP contribution in [0.15, 0.2) is 79.3 Å². The Balaban J connectivity index is 1.23. The lowest BCUT2D eigenvalue weighted by molar-refractivity contribution is -0.138. The zero-order chi connectivity index (χ0) is 30.8. The minimum atomic E-state index is -4.56. The molecule has 4 heterocycles. The number of aromatic nitrogens is 4. The largest absolute Gasteiger partial charge is 0.437 e. The highest BCUT2D eigenvalue weighted by atomic mass is 19.4. The molecule has 1 fully saturated rings. The number of fused-ring (bicyclic) bond motifs is 1. The maximum atomic E-state index is 14.0. The molecule has 3 aromatic heterocycles. The standard InChI is InChI=1S/C32H30F3N7O2/c1-40-13-15-42(16-14-40)20-23-8-9-24(18-26(23)32(33,34)35)37-30(43)21-5-3-7-25(17-21)44-31-28-27(10-12-41(28)2)38-29(39-31)22-6-4-11-36-19-22/h3-12,17-19H,13-16,20H2,1-2H3,(H,37,43). The summed E-state index contributed by atoms with van der Waals surface area (Å²) in [5.74, 6) is 0.467. The number of benzene rings is 2. The number of anilines is 1. The Morgan fingerprint density at radius 1 is 0.977 bits per heavy atom. The zero-order valence-electron chi connectivity index (χ0n) is 24.2. The number of nitrogens with zero attached hydrogens (tertiary/aromatic N) is 6. The van der Waals surface area contributed by atoms with Crippen LogP contribution >= 0.6 is 0 Å². The van der Waals surface area contributed by atoms with Gasteiger partial charge >= 0.3 is 6.18 Å². The van der Waals surface area contributed by atoms with E-state index in [1.165, 1.54) is 18.2 Å². The average molecular weight is 602 g/mol. The van der Waals surface area contributed by atoms with Gasteiger partial charge in [-0.3, -0.25) is 14.7 Å². The molecule has 44 heavy (non-hydrogen) atoms. The summed E-state index contributed by atoms with van der Waals surface area (Å²) >= 11 is 0. The predicted octanol–water partition coefficient (Wildman–Crippen LogP) is 5.84. The summed E-state index contributed by atoms with van der Waals surface area (Å²) in [5.41, 5.74) is 1.72. The van der Waals surface area contributed by atoms with Crippen LogP contribution in [0.25, 0.3) is 22.4 Å². The maximum absolute atomic E-state index is 14.0. The second-order valence-electron chi connectivity index (χ2n) is 10.8. The number of amides is 1. The van der Waals surface area contributed by atoms with E-state index in [1.807, 2.05) is 41.9 Å². The van der Waals surface area contributed by atoms with Crippen LogP contribution in [-0.2, 0) is 19.8 Å². The minimum absolute atomic E-state index is 0.0539. The van der Waals surface area contributed by atoms with Crippen LogP contribution in [0.3, 0.4) is 0 Å². The molecular formula is C32H30F3N7O2. The number of hydrogen-bond donors (Lipinski definition) is 1. The van der Waals surface area contributed by atoms with E-state index < -0.39 is 17.6 Å². The monoisotopic (exact) mass is 601 g/mol. The van der Waals surface area contributed by atoms with E-state index in [1.54, 1.807) is 36.7 Å². The highest BCUT2D eigenvalue weighted by Gasteiger charge is 2.34. The quantitative estimate of drug-likeness (QED) is 0.251. The van der Waals surface area contributed by atoms with Crippen molar-refractivity contribution < 1.29 is 22.7 Å². The molecule has 0 saturated carbocycles. The van der Waals surface area contributed by atoms with E-state index in [0.29, 0.717) is 41.3 Å². The molecule has 0 atom stereocenters. The van der Waals surface area contributed by atoms with Crippen molar-refractivity contribution in [2.24, 2.45) is 7.05 Å². The summed E-state index contributed by atoms with van der Waals surface area (Å²) < 4.78 is 50.1. The molecule has 9 nitrogen and oxygen atoms in total. The van der Waals surface area contributed by atoms with Crippen LogP contribution in [0.4, 0.5) is 18.9 Å². The lowest BCUT2D eigenvalue weighted by atomic mass is 10.0. The zero-order valence-corrected chi connectivity index (χ0v) is 24.2. The van der Waals surface area contributed by atoms with Crippen LogP contribution in [-0.4, -0.2) is 68.5 Å². The Morgan fingerprint density at radius 2 is 1.80 bits per heavy atom. The van der Waals surface area contributed by atoms with E-state index in [9.17, 15) is 18.0 Å². The molecule has 1 aliphatic heterocycles. The molecule has 6 rings (SSSR count). The topological polar surface area (TPSA) is 88.4 Å². The first-order chi connectivity index (χ1) is 21.1. The van der Waals surface area contributed by atoms with Gasteiger partial charge in [0, 0.05) is 75.2 Å². The maximum Gasteiger partial charge on any atom is 0.416 e. The number of hydrogen-bond acceptors (Lipinski definition) is 7. The molecule has 0 aliphatic carbocycles. The molecule has 1 N–H and O–H groups in total. The van der Waals surface area contributed by atoms with Gasteiger partial charge in [0.2, 0.25) is 5.88 Å². The van der Waals surface area contributed by atoms with Gasteiger partial charge < -0.3 is 19.5 Å². The molecule has 0 unspecified atom stereocenters. The normalized spacial score (nSPS) is 14.6. The fourth-order valence-corrected chi connectivity index (χ4v) is 5.17. The van der Waals surface area contributed by atoms with Crippen LogP contribution < -0.4 is 10.1 Å². The predicted molar refractivity (Wildman–Crippen MR) is 160 cm³/mol. The lowest BCUT2D eigenvalue weighted by Crippen LogP contribution is -2.44. The van der Waals surface area contributed by atoms with Crippen LogP contribution in [0.5, 0.6) is 11.6 Å². The first kappa shape index (κ1) is 29.3. The molecule has 226 valence electrons. The molecule has 0 bridgehead atoms. The Labute approximate surface area is 251 Å². The number of carbonyl (C=O) groups excluding carboxylic acids is 1. The van der Waals surface area contributed by atoms with Gasteiger partial charge in [0.05, 0.1) is 11.1 Å². The van der Waals surface area contributed by atoms with Crippen molar-refractivity contribution in [1.82, 2.24) is 29.3 Å². The third-order valence-electron chi connectivity index (χ3n) is 7.58. The number of carbonyl (C=O) groups is 1. The number of aryl methyl sites for hydroxylation is 1. The summed E-state index contributed by atoms with van der Waals surface area (Å²) in [5, 5.41) is 2.61. The number of rotatable bonds is 7. The number of halogens is 3. The summed E-state index contributed by atoms with van der Waals surface area (Å²) in [6.45, 7) is 3.19. The third kappa shape index (κ3) is 6.41. The van der Waals surface area contributed by atoms with Gasteiger partial charge in [-0.1, -0.05) is 12.1 Å². The van der Waals surface area contributed by atoms with Crippen LogP contribution in [0, 0.1) is 0 Å². The SMILES string of the molecule is CN1CCN(Cc2ccc(NC(=O)c3cccc(Oc4nc(-c5cccnc5)nc5ccn(C)c45)c3)cc2C(F)(F)F)CC1. The smallest absolute Gasteiger partial charge is 0.416 e. The Morgan fingerprint density at radius 3 is 2.55 bits per heavy atom. The number of pyridine rings is 1. The number of likely N-dealkylation sites (N-methyl/N-ethyl adjacent to an activating group) is 1. The molecule has 1 saturated heterocycles. The summed E-state index contributed by atoms with van der Waals surface area (Å²) in [6, 6.07) is 15.8. The van der Waals surface area contributed by atoms with Crippen molar-refractivity contribution in [3.63, 3.8) is 0 Å². The molecule has 1 amide bonds. The molecule has 2 aromatic carbocycles. The third-order valence-corrected chi connectivity index (χ3v) is 7.58. The van der Waals surface area contributed by atoms with Crippen molar-refractivity contribution in [2.45, 2.75) is 12.7 Å². The first-order valence-corrected chi connectivity index (χ1v) is 14.1. The molecule has 0 spiro atoms. The van der Waals surface area contributed by atoms with Gasteiger partial charge in [-0.2, -0.15) is 18.2 Å². The number of piperazine rings is 1. The van der Waals surface area contributed by atoms with E-state index in [2.05, 4.69) is 25.2 Å². The van der Waals surface area contributed by atoms with Crippen LogP contribution in [0.1, 0.15) is 21.5 Å². The lowest BCUT2D eigenvalue weighted by Gasteiger charge is -2.33. The molecule has 12 heteroatoms. The second-order valence-corrected chi connectivity index (χ2v) is 10.8. The van der Waals surface area contributed by atoms with Crippen molar-refractivity contribution in [3.8, 4) is 23.0 Å². The number of alkyl halides is 3. The Bertz CT molecular complexity index is 1800. The highest BCUT2D eigenvalue weighted by molar-refractivity contribution is 6.04. The van der Waals surface area contributed by atoms with Crippen molar-refractivity contribution in [3.05, 3.63) is 95.9 Å². The van der Waals surface area contributed by atoms with Crippen molar-refractivity contribution >= 4 is 22.6 Å². The summed E-state index contributed by atoms with van der Waals surface area (Å²) in [6.07, 6.45) is 0.590. The van der Waals surface area contributed by atoms with Gasteiger partial charge in [-0.05, 0) is 61.1 Å². The van der Waals surface area contributed by atoms with Gasteiger partial charge in [-0.15, -0.1) is 0 Å². The average Bonchev–Trinajstić information content (AvgIpc) is 3.39. The van der Waals surface area contributed by atoms with E-state index in [0.717, 1.165) is 19.2 Å². The molecule has 1 aliphatic rings. The van der Waals surface area contributed by atoms with Gasteiger partial charge in [0.1, 0.15) is 11.3 Å². The van der Waals surface area contributed by atoms with E-state index >= 15 is 0 Å². The van der Waals surface area contributed by atoms with E-state index in [4.69, 9.17) is 4.74 Å². The fraction of sp³-hybridized carbons (Fsp3) is 0.250. The summed E-state index contributed by atoms with van der Waals surface area (Å²) in [4.78, 5) is 30.7. The Hall–Kier alpha value is -4.81. The van der Waals surface area contributed by atoms with Gasteiger partial charge in [-0.25, -0.2) is 4.98 Å². The second kappa shape index (κ2) is 12.1. The molecular weight excluding hydrogens is 571 g/mol. The summed E-state index contributed by atoms with van der Waals surface area (Å²) in [7, 11) is 3.84. The highest BCUT2D eigenvalue weighted by Crippen LogP contribution is 2.35.